The molecule has 0 saturated carbocycles. The zero-order chi connectivity index (χ0) is 15.6. The van der Waals surface area contributed by atoms with Gasteiger partial charge in [0.25, 0.3) is 0 Å². The summed E-state index contributed by atoms with van der Waals surface area (Å²) in [6, 6.07) is 4.40. The third-order valence-electron chi connectivity index (χ3n) is 3.00. The fourth-order valence-electron chi connectivity index (χ4n) is 2.04. The van der Waals surface area contributed by atoms with Crippen molar-refractivity contribution >= 4 is 33.0 Å². The molecule has 0 aliphatic rings. The molecule has 7 heteroatoms. The van der Waals surface area contributed by atoms with Crippen LogP contribution in [0.3, 0.4) is 0 Å². The lowest BCUT2D eigenvalue weighted by Gasteiger charge is -2.23. The number of thiazole rings is 1. The molecule has 0 saturated heterocycles. The molecule has 0 bridgehead atoms. The molecule has 1 aromatic carbocycles. The van der Waals surface area contributed by atoms with Crippen molar-refractivity contribution in [3.05, 3.63) is 45.4 Å². The summed E-state index contributed by atoms with van der Waals surface area (Å²) < 4.78 is 39.6. The predicted molar refractivity (Wildman–Crippen MR) is 83.0 cm³/mol. The summed E-state index contributed by atoms with van der Waals surface area (Å²) in [6.07, 6.45) is -4.38. The molecule has 1 aromatic heterocycles. The third-order valence-corrected chi connectivity index (χ3v) is 4.47. The van der Waals surface area contributed by atoms with Crippen molar-refractivity contribution in [1.29, 1.82) is 0 Å². The van der Waals surface area contributed by atoms with Crippen molar-refractivity contribution in [3.8, 4) is 0 Å². The molecule has 0 radical (unpaired) electrons. The van der Waals surface area contributed by atoms with Crippen molar-refractivity contribution in [2.24, 2.45) is 0 Å². The van der Waals surface area contributed by atoms with E-state index in [2.05, 4.69) is 20.9 Å². The molecule has 0 atom stereocenters. The van der Waals surface area contributed by atoms with E-state index >= 15 is 0 Å². The molecule has 0 unspecified atom stereocenters. The average molecular weight is 379 g/mol. The van der Waals surface area contributed by atoms with Crippen molar-refractivity contribution in [2.75, 3.05) is 11.9 Å². The molecule has 1 heterocycles. The Kier molecular flexibility index (Phi) is 4.93. The van der Waals surface area contributed by atoms with Crippen LogP contribution >= 0.6 is 27.3 Å². The molecule has 0 fully saturated rings. The molecular weight excluding hydrogens is 365 g/mol. The molecule has 0 amide bonds. The van der Waals surface area contributed by atoms with Crippen molar-refractivity contribution in [2.45, 2.75) is 25.0 Å². The van der Waals surface area contributed by atoms with Crippen LogP contribution in [0.25, 0.3) is 0 Å². The van der Waals surface area contributed by atoms with Gasteiger partial charge in [0.15, 0.2) is 0 Å². The highest BCUT2D eigenvalue weighted by Crippen LogP contribution is 2.37. The Labute approximate surface area is 133 Å². The second-order valence-corrected chi connectivity index (χ2v) is 6.32. The maximum Gasteiger partial charge on any atom is 0.418 e. The van der Waals surface area contributed by atoms with Gasteiger partial charge >= 0.3 is 6.18 Å². The first-order valence-corrected chi connectivity index (χ1v) is 8.19. The van der Waals surface area contributed by atoms with Crippen LogP contribution in [0.1, 0.15) is 21.8 Å². The van der Waals surface area contributed by atoms with E-state index in [0.29, 0.717) is 17.4 Å². The van der Waals surface area contributed by atoms with Crippen LogP contribution in [0.2, 0.25) is 0 Å². The van der Waals surface area contributed by atoms with Gasteiger partial charge in [-0.3, -0.25) is 0 Å². The van der Waals surface area contributed by atoms with Gasteiger partial charge in [-0.1, -0.05) is 22.0 Å². The lowest BCUT2D eigenvalue weighted by Crippen LogP contribution is -2.21. The minimum Gasteiger partial charge on any atom is -0.368 e. The second-order valence-electron chi connectivity index (χ2n) is 4.70. The van der Waals surface area contributed by atoms with Gasteiger partial charge in [0.2, 0.25) is 0 Å². The molecule has 2 aromatic rings. The lowest BCUT2D eigenvalue weighted by molar-refractivity contribution is -0.137. The van der Waals surface area contributed by atoms with Gasteiger partial charge in [-0.2, -0.15) is 13.2 Å². The first-order chi connectivity index (χ1) is 9.81. The minimum absolute atomic E-state index is 0.165. The van der Waals surface area contributed by atoms with Crippen LogP contribution in [0.5, 0.6) is 0 Å². The van der Waals surface area contributed by atoms with Crippen LogP contribution in [-0.2, 0) is 18.1 Å². The fraction of sp³-hybridized carbons (Fsp3) is 0.357. The molecular formula is C14H14BrF3N2S. The zero-order valence-electron chi connectivity index (χ0n) is 11.5. The van der Waals surface area contributed by atoms with Crippen molar-refractivity contribution < 1.29 is 13.2 Å². The normalized spacial score (nSPS) is 11.7. The van der Waals surface area contributed by atoms with E-state index in [4.69, 9.17) is 0 Å². The number of alkyl halides is 4. The number of aromatic nitrogens is 1. The van der Waals surface area contributed by atoms with E-state index in [1.165, 1.54) is 23.5 Å². The summed E-state index contributed by atoms with van der Waals surface area (Å²) >= 11 is 4.68. The first-order valence-electron chi connectivity index (χ1n) is 6.19. The number of rotatable bonds is 4. The van der Waals surface area contributed by atoms with Gasteiger partial charge in [-0.15, -0.1) is 11.3 Å². The van der Waals surface area contributed by atoms with Gasteiger partial charge in [0.05, 0.1) is 22.8 Å². The molecule has 0 aliphatic heterocycles. The Balaban J connectivity index is 2.33. The number of hydrogen-bond acceptors (Lipinski definition) is 3. The Morgan fingerprint density at radius 3 is 2.57 bits per heavy atom. The molecule has 2 nitrogen and oxygen atoms in total. The summed E-state index contributed by atoms with van der Waals surface area (Å²) in [6.45, 7) is 2.22. The van der Waals surface area contributed by atoms with E-state index in [0.717, 1.165) is 10.7 Å². The van der Waals surface area contributed by atoms with Crippen LogP contribution in [0.4, 0.5) is 18.9 Å². The minimum atomic E-state index is -4.38. The highest BCUT2D eigenvalue weighted by atomic mass is 79.9. The summed E-state index contributed by atoms with van der Waals surface area (Å²) in [7, 11) is 1.65. The largest absolute Gasteiger partial charge is 0.418 e. The van der Waals surface area contributed by atoms with E-state index in [9.17, 15) is 13.2 Å². The Morgan fingerprint density at radius 2 is 2.05 bits per heavy atom. The SMILES string of the molecule is Cc1nc(CN(C)c2ccc(CBr)cc2C(F)(F)F)cs1. The number of aryl methyl sites for hydroxylation is 1. The van der Waals surface area contributed by atoms with Gasteiger partial charge in [-0.05, 0) is 24.6 Å². The molecule has 114 valence electrons. The fourth-order valence-corrected chi connectivity index (χ4v) is 2.99. The number of nitrogens with zero attached hydrogens (tertiary/aromatic N) is 2. The van der Waals surface area contributed by atoms with Gasteiger partial charge in [-0.25, -0.2) is 4.98 Å². The van der Waals surface area contributed by atoms with E-state index in [-0.39, 0.29) is 5.69 Å². The molecule has 2 rings (SSSR count). The van der Waals surface area contributed by atoms with Gasteiger partial charge < -0.3 is 4.90 Å². The number of hydrogen-bond donors (Lipinski definition) is 0. The van der Waals surface area contributed by atoms with E-state index in [1.54, 1.807) is 18.0 Å². The molecule has 0 aliphatic carbocycles. The highest BCUT2D eigenvalue weighted by molar-refractivity contribution is 9.08. The monoisotopic (exact) mass is 378 g/mol. The average Bonchev–Trinajstić information content (AvgIpc) is 2.82. The Hall–Kier alpha value is -1.08. The predicted octanol–water partition coefficient (Wildman–Crippen LogP) is 5.00. The first kappa shape index (κ1) is 16.3. The van der Waals surface area contributed by atoms with Crippen LogP contribution < -0.4 is 4.90 Å². The lowest BCUT2D eigenvalue weighted by atomic mass is 10.1. The van der Waals surface area contributed by atoms with E-state index in [1.807, 2.05) is 12.3 Å². The Bertz CT molecular complexity index is 625. The topological polar surface area (TPSA) is 16.1 Å². The summed E-state index contributed by atoms with van der Waals surface area (Å²) in [5.74, 6) is 0. The quantitative estimate of drug-likeness (QED) is 0.695. The zero-order valence-corrected chi connectivity index (χ0v) is 13.9. The maximum absolute atomic E-state index is 13.2. The second kappa shape index (κ2) is 6.36. The standard InChI is InChI=1S/C14H14BrF3N2S/c1-9-19-11(8-21-9)7-20(2)13-4-3-10(6-15)5-12(13)14(16,17)18/h3-5,8H,6-7H2,1-2H3. The van der Waals surface area contributed by atoms with Crippen molar-refractivity contribution in [3.63, 3.8) is 0 Å². The Morgan fingerprint density at radius 1 is 1.33 bits per heavy atom. The third kappa shape index (κ3) is 3.97. The highest BCUT2D eigenvalue weighted by Gasteiger charge is 2.34. The number of anilines is 1. The summed E-state index contributed by atoms with van der Waals surface area (Å²) in [5, 5.41) is 3.17. The van der Waals surface area contributed by atoms with Crippen LogP contribution in [0.15, 0.2) is 23.6 Å². The number of halogens is 4. The molecule has 0 spiro atoms. The molecule has 21 heavy (non-hydrogen) atoms. The van der Waals surface area contributed by atoms with Gasteiger partial charge in [0, 0.05) is 23.4 Å². The van der Waals surface area contributed by atoms with Crippen molar-refractivity contribution in [1.82, 2.24) is 4.98 Å². The van der Waals surface area contributed by atoms with Gasteiger partial charge in [0.1, 0.15) is 0 Å². The van der Waals surface area contributed by atoms with E-state index < -0.39 is 11.7 Å². The summed E-state index contributed by atoms with van der Waals surface area (Å²) in [5.41, 5.74) is 0.924. The van der Waals surface area contributed by atoms with Crippen LogP contribution in [0, 0.1) is 6.92 Å². The smallest absolute Gasteiger partial charge is 0.368 e. The number of benzene rings is 1. The molecule has 0 N–H and O–H groups in total. The van der Waals surface area contributed by atoms with Crippen LogP contribution in [-0.4, -0.2) is 12.0 Å². The maximum atomic E-state index is 13.2. The summed E-state index contributed by atoms with van der Waals surface area (Å²) in [4.78, 5) is 5.87.